The molecule has 1 saturated carbocycles. The SMILES string of the molecule is CCOc1cc(C(=O)N(Cc2ccccc2F)C2CC2)ccc1OCC(=O)N1CCCCC1. The van der Waals surface area contributed by atoms with E-state index < -0.39 is 0 Å². The summed E-state index contributed by atoms with van der Waals surface area (Å²) in [6.45, 7) is 3.96. The first-order chi connectivity index (χ1) is 16.1. The molecule has 2 aliphatic rings. The number of hydrogen-bond acceptors (Lipinski definition) is 4. The van der Waals surface area contributed by atoms with E-state index in [1.165, 1.54) is 6.07 Å². The Morgan fingerprint density at radius 1 is 1.03 bits per heavy atom. The molecule has 0 aromatic heterocycles. The van der Waals surface area contributed by atoms with Crippen molar-refractivity contribution in [2.24, 2.45) is 0 Å². The van der Waals surface area contributed by atoms with Crippen LogP contribution in [0.3, 0.4) is 0 Å². The smallest absolute Gasteiger partial charge is 0.260 e. The van der Waals surface area contributed by atoms with Crippen LogP contribution in [0.25, 0.3) is 0 Å². The normalized spacial score (nSPS) is 15.8. The van der Waals surface area contributed by atoms with Crippen LogP contribution in [-0.2, 0) is 11.3 Å². The molecule has 0 bridgehead atoms. The molecule has 1 aliphatic heterocycles. The number of carbonyl (C=O) groups is 2. The lowest BCUT2D eigenvalue weighted by atomic mass is 10.1. The lowest BCUT2D eigenvalue weighted by Crippen LogP contribution is -2.38. The topological polar surface area (TPSA) is 59.1 Å². The summed E-state index contributed by atoms with van der Waals surface area (Å²) in [4.78, 5) is 29.3. The molecule has 1 heterocycles. The molecule has 0 N–H and O–H groups in total. The van der Waals surface area contributed by atoms with Gasteiger partial charge < -0.3 is 19.3 Å². The Bertz CT molecular complexity index is 986. The van der Waals surface area contributed by atoms with Gasteiger partial charge in [-0.05, 0) is 63.3 Å². The average Bonchev–Trinajstić information content (AvgIpc) is 3.68. The predicted octanol–water partition coefficient (Wildman–Crippen LogP) is 4.42. The maximum Gasteiger partial charge on any atom is 0.260 e. The second-order valence-electron chi connectivity index (χ2n) is 8.58. The highest BCUT2D eigenvalue weighted by Gasteiger charge is 2.34. The van der Waals surface area contributed by atoms with Crippen molar-refractivity contribution in [2.45, 2.75) is 51.6 Å². The fourth-order valence-corrected chi connectivity index (χ4v) is 4.13. The van der Waals surface area contributed by atoms with Crippen molar-refractivity contribution in [2.75, 3.05) is 26.3 Å². The van der Waals surface area contributed by atoms with E-state index in [1.807, 2.05) is 11.8 Å². The molecule has 1 aliphatic carbocycles. The standard InChI is InChI=1S/C26H31FN2O4/c1-2-32-24-16-19(10-13-23(24)33-18-25(30)28-14-6-3-7-15-28)26(31)29(21-11-12-21)17-20-8-4-5-9-22(20)27/h4-5,8-10,13,16,21H,2-3,6-7,11-12,14-15,17-18H2,1H3. The Kier molecular flexibility index (Phi) is 7.47. The zero-order valence-corrected chi connectivity index (χ0v) is 19.1. The van der Waals surface area contributed by atoms with Crippen LogP contribution in [0.4, 0.5) is 4.39 Å². The van der Waals surface area contributed by atoms with Crippen molar-refractivity contribution < 1.29 is 23.5 Å². The van der Waals surface area contributed by atoms with E-state index in [0.29, 0.717) is 29.2 Å². The Hall–Kier alpha value is -3.09. The average molecular weight is 455 g/mol. The molecule has 1 saturated heterocycles. The van der Waals surface area contributed by atoms with Crippen LogP contribution in [-0.4, -0.2) is 54.0 Å². The van der Waals surface area contributed by atoms with E-state index in [1.54, 1.807) is 41.3 Å². The maximum absolute atomic E-state index is 14.2. The molecule has 0 spiro atoms. The van der Waals surface area contributed by atoms with Crippen LogP contribution >= 0.6 is 0 Å². The number of ether oxygens (including phenoxy) is 2. The molecule has 4 rings (SSSR count). The Balaban J connectivity index is 1.47. The van der Waals surface area contributed by atoms with E-state index in [2.05, 4.69) is 0 Å². The number of piperidine rings is 1. The van der Waals surface area contributed by atoms with Crippen LogP contribution in [0, 0.1) is 5.82 Å². The molecule has 0 atom stereocenters. The lowest BCUT2D eigenvalue weighted by Gasteiger charge is -2.26. The highest BCUT2D eigenvalue weighted by Crippen LogP contribution is 2.33. The summed E-state index contributed by atoms with van der Waals surface area (Å²) >= 11 is 0. The molecular formula is C26H31FN2O4. The lowest BCUT2D eigenvalue weighted by molar-refractivity contribution is -0.134. The Morgan fingerprint density at radius 2 is 1.79 bits per heavy atom. The quantitative estimate of drug-likeness (QED) is 0.563. The third-order valence-electron chi connectivity index (χ3n) is 6.10. The minimum absolute atomic E-state index is 0.0397. The number of likely N-dealkylation sites (tertiary alicyclic amines) is 1. The Labute approximate surface area is 194 Å². The number of carbonyl (C=O) groups excluding carboxylic acids is 2. The van der Waals surface area contributed by atoms with Gasteiger partial charge in [-0.25, -0.2) is 4.39 Å². The minimum Gasteiger partial charge on any atom is -0.490 e. The van der Waals surface area contributed by atoms with E-state index in [-0.39, 0.29) is 36.8 Å². The van der Waals surface area contributed by atoms with E-state index in [0.717, 1.165) is 45.2 Å². The number of rotatable bonds is 9. The molecule has 6 nitrogen and oxygen atoms in total. The molecule has 176 valence electrons. The highest BCUT2D eigenvalue weighted by molar-refractivity contribution is 5.95. The van der Waals surface area contributed by atoms with E-state index in [4.69, 9.17) is 9.47 Å². The summed E-state index contributed by atoms with van der Waals surface area (Å²) in [5.41, 5.74) is 0.954. The molecule has 2 fully saturated rings. The van der Waals surface area contributed by atoms with Crippen LogP contribution in [0.1, 0.15) is 54.9 Å². The van der Waals surface area contributed by atoms with Crippen LogP contribution in [0.15, 0.2) is 42.5 Å². The van der Waals surface area contributed by atoms with Gasteiger partial charge in [0.15, 0.2) is 18.1 Å². The number of nitrogens with zero attached hydrogens (tertiary/aromatic N) is 2. The number of amides is 2. The van der Waals surface area contributed by atoms with Gasteiger partial charge in [0.25, 0.3) is 11.8 Å². The number of halogens is 1. The fourth-order valence-electron chi connectivity index (χ4n) is 4.13. The number of benzene rings is 2. The van der Waals surface area contributed by atoms with Crippen LogP contribution in [0.2, 0.25) is 0 Å². The maximum atomic E-state index is 14.2. The highest BCUT2D eigenvalue weighted by atomic mass is 19.1. The summed E-state index contributed by atoms with van der Waals surface area (Å²) in [5, 5.41) is 0. The van der Waals surface area contributed by atoms with Gasteiger partial charge in [0.2, 0.25) is 0 Å². The largest absolute Gasteiger partial charge is 0.490 e. The van der Waals surface area contributed by atoms with Gasteiger partial charge in [-0.3, -0.25) is 9.59 Å². The van der Waals surface area contributed by atoms with Gasteiger partial charge in [-0.1, -0.05) is 18.2 Å². The van der Waals surface area contributed by atoms with Crippen molar-refractivity contribution >= 4 is 11.8 Å². The molecule has 0 radical (unpaired) electrons. The first kappa shape index (κ1) is 23.1. The van der Waals surface area contributed by atoms with Crippen LogP contribution in [0.5, 0.6) is 11.5 Å². The van der Waals surface area contributed by atoms with Crippen molar-refractivity contribution in [1.82, 2.24) is 9.80 Å². The molecule has 2 amide bonds. The van der Waals surface area contributed by atoms with Crippen LogP contribution < -0.4 is 9.47 Å². The first-order valence-corrected chi connectivity index (χ1v) is 11.8. The summed E-state index contributed by atoms with van der Waals surface area (Å²) in [5.74, 6) is 0.343. The van der Waals surface area contributed by atoms with Gasteiger partial charge in [0, 0.05) is 36.8 Å². The fraction of sp³-hybridized carbons (Fsp3) is 0.462. The van der Waals surface area contributed by atoms with Gasteiger partial charge in [-0.15, -0.1) is 0 Å². The molecule has 7 heteroatoms. The zero-order valence-electron chi connectivity index (χ0n) is 19.1. The van der Waals surface area contributed by atoms with Crippen molar-refractivity contribution in [3.05, 3.63) is 59.4 Å². The van der Waals surface area contributed by atoms with Crippen molar-refractivity contribution in [3.8, 4) is 11.5 Å². The summed E-state index contributed by atoms with van der Waals surface area (Å²) < 4.78 is 25.7. The molecule has 2 aromatic rings. The number of hydrogen-bond donors (Lipinski definition) is 0. The Morgan fingerprint density at radius 3 is 2.48 bits per heavy atom. The monoisotopic (exact) mass is 454 g/mol. The first-order valence-electron chi connectivity index (χ1n) is 11.8. The van der Waals surface area contributed by atoms with E-state index >= 15 is 0 Å². The third kappa shape index (κ3) is 5.83. The molecule has 2 aromatic carbocycles. The minimum atomic E-state index is -0.312. The van der Waals surface area contributed by atoms with E-state index in [9.17, 15) is 14.0 Å². The van der Waals surface area contributed by atoms with Gasteiger partial charge in [0.1, 0.15) is 5.82 Å². The van der Waals surface area contributed by atoms with Gasteiger partial charge >= 0.3 is 0 Å². The second-order valence-corrected chi connectivity index (χ2v) is 8.58. The second kappa shape index (κ2) is 10.7. The van der Waals surface area contributed by atoms with Crippen molar-refractivity contribution in [3.63, 3.8) is 0 Å². The summed E-state index contributed by atoms with van der Waals surface area (Å²) in [7, 11) is 0. The summed E-state index contributed by atoms with van der Waals surface area (Å²) in [6.07, 6.45) is 5.04. The molecule has 0 unspecified atom stereocenters. The zero-order chi connectivity index (χ0) is 23.2. The van der Waals surface area contributed by atoms with Gasteiger partial charge in [-0.2, -0.15) is 0 Å². The van der Waals surface area contributed by atoms with Gasteiger partial charge in [0.05, 0.1) is 6.61 Å². The molecule has 33 heavy (non-hydrogen) atoms. The predicted molar refractivity (Wildman–Crippen MR) is 123 cm³/mol. The molecular weight excluding hydrogens is 423 g/mol. The third-order valence-corrected chi connectivity index (χ3v) is 6.10. The summed E-state index contributed by atoms with van der Waals surface area (Å²) in [6, 6.07) is 11.7. The van der Waals surface area contributed by atoms with Crippen molar-refractivity contribution in [1.29, 1.82) is 0 Å².